The smallest absolute Gasteiger partial charge is 0.411 e. The molecule has 0 unspecified atom stereocenters. The average Bonchev–Trinajstić information content (AvgIpc) is 2.66. The van der Waals surface area contributed by atoms with Gasteiger partial charge in [-0.1, -0.05) is 6.07 Å². The number of methoxy groups -OCH3 is 2. The number of aliphatic imine (C=N–C) groups is 1. The van der Waals surface area contributed by atoms with Gasteiger partial charge < -0.3 is 24.4 Å². The van der Waals surface area contributed by atoms with Gasteiger partial charge in [0.25, 0.3) is 0 Å². The third-order valence-electron chi connectivity index (χ3n) is 3.85. The lowest BCUT2D eigenvalue weighted by atomic mass is 10.1. The number of rotatable bonds is 11. The number of nitrogens with one attached hydrogen (secondary N) is 1. The number of benzene rings is 1. The zero-order valence-electron chi connectivity index (χ0n) is 16.9. The van der Waals surface area contributed by atoms with Gasteiger partial charge in [0.1, 0.15) is 6.61 Å². The summed E-state index contributed by atoms with van der Waals surface area (Å²) in [7, 11) is 5.11. The highest BCUT2D eigenvalue weighted by Gasteiger charge is 2.27. The zero-order valence-corrected chi connectivity index (χ0v) is 16.9. The Labute approximate surface area is 164 Å². The molecule has 0 saturated heterocycles. The molecule has 1 N–H and O–H groups in total. The quantitative estimate of drug-likeness (QED) is 0.348. The van der Waals surface area contributed by atoms with Crippen LogP contribution in [0.1, 0.15) is 18.9 Å². The summed E-state index contributed by atoms with van der Waals surface area (Å²) in [5.41, 5.74) is 1.10. The number of alkyl halides is 3. The maximum absolute atomic E-state index is 12.0. The fourth-order valence-electron chi connectivity index (χ4n) is 2.45. The van der Waals surface area contributed by atoms with Crippen LogP contribution >= 0.6 is 0 Å². The highest BCUT2D eigenvalue weighted by Crippen LogP contribution is 2.27. The van der Waals surface area contributed by atoms with Crippen molar-refractivity contribution < 1.29 is 27.4 Å². The summed E-state index contributed by atoms with van der Waals surface area (Å²) in [5.74, 6) is 2.07. The second kappa shape index (κ2) is 12.3. The van der Waals surface area contributed by atoms with Gasteiger partial charge >= 0.3 is 6.18 Å². The van der Waals surface area contributed by atoms with Crippen molar-refractivity contribution in [2.24, 2.45) is 4.99 Å². The lowest BCUT2D eigenvalue weighted by molar-refractivity contribution is -0.173. The first-order valence-corrected chi connectivity index (χ1v) is 9.15. The van der Waals surface area contributed by atoms with Crippen LogP contribution < -0.4 is 14.8 Å². The molecule has 0 radical (unpaired) electrons. The van der Waals surface area contributed by atoms with Crippen LogP contribution in [0.15, 0.2) is 23.2 Å². The Hall–Kier alpha value is -2.16. The normalized spacial score (nSPS) is 12.0. The summed E-state index contributed by atoms with van der Waals surface area (Å²) in [5, 5.41) is 3.19. The van der Waals surface area contributed by atoms with Crippen LogP contribution in [-0.4, -0.2) is 71.2 Å². The molecule has 0 amide bonds. The molecule has 0 aromatic heterocycles. The van der Waals surface area contributed by atoms with E-state index >= 15 is 0 Å². The fraction of sp³-hybridized carbons (Fsp3) is 0.632. The Balaban J connectivity index is 2.51. The third-order valence-corrected chi connectivity index (χ3v) is 3.85. The number of guanidine groups is 1. The van der Waals surface area contributed by atoms with Crippen molar-refractivity contribution in [1.82, 2.24) is 10.2 Å². The molecule has 0 aliphatic rings. The number of halogens is 3. The first kappa shape index (κ1) is 23.9. The van der Waals surface area contributed by atoms with Crippen molar-refractivity contribution in [2.75, 3.05) is 54.1 Å². The molecular formula is C19H30F3N3O3. The Morgan fingerprint density at radius 2 is 1.89 bits per heavy atom. The number of hydrogen-bond donors (Lipinski definition) is 1. The Morgan fingerprint density at radius 1 is 1.18 bits per heavy atom. The van der Waals surface area contributed by atoms with E-state index in [9.17, 15) is 13.2 Å². The van der Waals surface area contributed by atoms with E-state index in [0.29, 0.717) is 43.5 Å². The standard InChI is InChI=1S/C19H30F3N3O3/c1-5-23-18(24-10-6-12-28-14-19(20,21)22)25(2)11-9-15-7-8-16(26-3)17(13-15)27-4/h7-8,13H,5-6,9-12,14H2,1-4H3,(H,23,24). The summed E-state index contributed by atoms with van der Waals surface area (Å²) in [4.78, 5) is 6.43. The highest BCUT2D eigenvalue weighted by atomic mass is 19.4. The van der Waals surface area contributed by atoms with Crippen molar-refractivity contribution in [2.45, 2.75) is 25.9 Å². The van der Waals surface area contributed by atoms with Gasteiger partial charge in [-0.3, -0.25) is 4.99 Å². The van der Waals surface area contributed by atoms with E-state index in [2.05, 4.69) is 15.0 Å². The number of hydrogen-bond acceptors (Lipinski definition) is 4. The minimum atomic E-state index is -4.29. The second-order valence-electron chi connectivity index (χ2n) is 6.12. The SMILES string of the molecule is CCNC(=NCCCOCC(F)(F)F)N(C)CCc1ccc(OC)c(OC)c1. The largest absolute Gasteiger partial charge is 0.493 e. The van der Waals surface area contributed by atoms with E-state index in [1.54, 1.807) is 14.2 Å². The highest BCUT2D eigenvalue weighted by molar-refractivity contribution is 5.79. The minimum absolute atomic E-state index is 0.0256. The van der Waals surface area contributed by atoms with E-state index in [1.165, 1.54) is 0 Å². The van der Waals surface area contributed by atoms with Crippen molar-refractivity contribution in [1.29, 1.82) is 0 Å². The van der Waals surface area contributed by atoms with Crippen LogP contribution in [0.2, 0.25) is 0 Å². The van der Waals surface area contributed by atoms with Gasteiger partial charge in [-0.25, -0.2) is 0 Å². The van der Waals surface area contributed by atoms with Crippen molar-refractivity contribution in [3.63, 3.8) is 0 Å². The van der Waals surface area contributed by atoms with E-state index in [4.69, 9.17) is 9.47 Å². The van der Waals surface area contributed by atoms with Crippen LogP contribution in [0.25, 0.3) is 0 Å². The topological polar surface area (TPSA) is 55.3 Å². The van der Waals surface area contributed by atoms with Crippen molar-refractivity contribution in [3.8, 4) is 11.5 Å². The molecule has 1 aromatic rings. The van der Waals surface area contributed by atoms with Crippen LogP contribution in [0, 0.1) is 0 Å². The predicted molar refractivity (Wildman–Crippen MR) is 103 cm³/mol. The lowest BCUT2D eigenvalue weighted by Crippen LogP contribution is -2.40. The Bertz CT molecular complexity index is 610. The first-order chi connectivity index (χ1) is 13.3. The summed E-state index contributed by atoms with van der Waals surface area (Å²) in [6.45, 7) is 2.57. The zero-order chi connectivity index (χ0) is 21.0. The third kappa shape index (κ3) is 9.16. The summed E-state index contributed by atoms with van der Waals surface area (Å²) >= 11 is 0. The van der Waals surface area contributed by atoms with E-state index in [1.807, 2.05) is 37.1 Å². The van der Waals surface area contributed by atoms with Crippen LogP contribution in [-0.2, 0) is 11.2 Å². The van der Waals surface area contributed by atoms with E-state index < -0.39 is 12.8 Å². The van der Waals surface area contributed by atoms with Gasteiger partial charge in [-0.15, -0.1) is 0 Å². The molecule has 0 fully saturated rings. The predicted octanol–water partition coefficient (Wildman–Crippen LogP) is 3.11. The molecule has 0 aliphatic carbocycles. The molecule has 0 spiro atoms. The molecule has 0 saturated carbocycles. The molecule has 0 atom stereocenters. The number of nitrogens with zero attached hydrogens (tertiary/aromatic N) is 2. The molecule has 28 heavy (non-hydrogen) atoms. The van der Waals surface area contributed by atoms with Gasteiger partial charge in [0.15, 0.2) is 17.5 Å². The summed E-state index contributed by atoms with van der Waals surface area (Å²) in [6.07, 6.45) is -3.09. The second-order valence-corrected chi connectivity index (χ2v) is 6.12. The first-order valence-electron chi connectivity index (χ1n) is 9.15. The molecular weight excluding hydrogens is 375 g/mol. The van der Waals surface area contributed by atoms with Gasteiger partial charge in [0.2, 0.25) is 0 Å². The van der Waals surface area contributed by atoms with Gasteiger partial charge in [0, 0.05) is 33.3 Å². The van der Waals surface area contributed by atoms with Crippen LogP contribution in [0.5, 0.6) is 11.5 Å². The van der Waals surface area contributed by atoms with Crippen LogP contribution in [0.3, 0.4) is 0 Å². The summed E-state index contributed by atoms with van der Waals surface area (Å²) < 4.78 is 51.2. The summed E-state index contributed by atoms with van der Waals surface area (Å²) in [6, 6.07) is 5.79. The van der Waals surface area contributed by atoms with Crippen molar-refractivity contribution >= 4 is 5.96 Å². The number of ether oxygens (including phenoxy) is 3. The Morgan fingerprint density at radius 3 is 2.50 bits per heavy atom. The molecule has 160 valence electrons. The minimum Gasteiger partial charge on any atom is -0.493 e. The lowest BCUT2D eigenvalue weighted by Gasteiger charge is -2.22. The Kier molecular flexibility index (Phi) is 10.5. The maximum atomic E-state index is 12.0. The van der Waals surface area contributed by atoms with E-state index in [0.717, 1.165) is 12.0 Å². The maximum Gasteiger partial charge on any atom is 0.411 e. The molecule has 6 nitrogen and oxygen atoms in total. The van der Waals surface area contributed by atoms with Crippen LogP contribution in [0.4, 0.5) is 13.2 Å². The van der Waals surface area contributed by atoms with E-state index in [-0.39, 0.29) is 6.61 Å². The fourth-order valence-corrected chi connectivity index (χ4v) is 2.45. The van der Waals surface area contributed by atoms with Gasteiger partial charge in [-0.2, -0.15) is 13.2 Å². The molecule has 0 aliphatic heterocycles. The van der Waals surface area contributed by atoms with Gasteiger partial charge in [-0.05, 0) is 37.5 Å². The monoisotopic (exact) mass is 405 g/mol. The molecule has 9 heteroatoms. The molecule has 0 heterocycles. The van der Waals surface area contributed by atoms with Gasteiger partial charge in [0.05, 0.1) is 14.2 Å². The average molecular weight is 405 g/mol. The molecule has 1 aromatic carbocycles. The van der Waals surface area contributed by atoms with Crippen molar-refractivity contribution in [3.05, 3.63) is 23.8 Å². The number of likely N-dealkylation sites (N-methyl/N-ethyl adjacent to an activating group) is 1. The molecule has 1 rings (SSSR count). The molecule has 0 bridgehead atoms.